The van der Waals surface area contributed by atoms with Gasteiger partial charge in [0.25, 0.3) is 0 Å². The molecule has 0 saturated carbocycles. The van der Waals surface area contributed by atoms with Crippen LogP contribution in [-0.4, -0.2) is 42.0 Å². The molecule has 1 aliphatic heterocycles. The lowest BCUT2D eigenvalue weighted by Gasteiger charge is -2.37. The number of carbonyl (C=O) groups excluding carboxylic acids is 3. The van der Waals surface area contributed by atoms with E-state index in [-0.39, 0.29) is 18.4 Å². The molecule has 0 atom stereocenters. The summed E-state index contributed by atoms with van der Waals surface area (Å²) in [5, 5.41) is 12.0. The zero-order valence-electron chi connectivity index (χ0n) is 20.3. The highest BCUT2D eigenvalue weighted by Gasteiger charge is 2.47. The summed E-state index contributed by atoms with van der Waals surface area (Å²) in [5.41, 5.74) is 12.0. The summed E-state index contributed by atoms with van der Waals surface area (Å²) < 4.78 is 0. The summed E-state index contributed by atoms with van der Waals surface area (Å²) in [6.45, 7) is 4.52. The predicted octanol–water partition coefficient (Wildman–Crippen LogP) is 3.33. The highest BCUT2D eigenvalue weighted by atomic mass is 16.2. The summed E-state index contributed by atoms with van der Waals surface area (Å²) in [4.78, 5) is 35.3. The van der Waals surface area contributed by atoms with Crippen LogP contribution in [0.2, 0.25) is 0 Å². The first-order valence-electron chi connectivity index (χ1n) is 12.2. The third-order valence-corrected chi connectivity index (χ3v) is 7.04. The number of hydrazone groups is 1. The molecule has 8 nitrogen and oxygen atoms in total. The monoisotopic (exact) mass is 475 g/mol. The molecule has 1 heterocycles. The fraction of sp³-hybridized carbons (Fsp3) is 0.407. The smallest absolute Gasteiger partial charge is 0.248 e. The molecule has 0 bridgehead atoms. The molecule has 0 saturated heterocycles. The van der Waals surface area contributed by atoms with E-state index in [0.29, 0.717) is 19.4 Å². The Morgan fingerprint density at radius 2 is 1.57 bits per heavy atom. The Hall–Kier alpha value is -3.52. The first kappa shape index (κ1) is 24.6. The molecule has 3 amide bonds. The van der Waals surface area contributed by atoms with Gasteiger partial charge in [0.15, 0.2) is 0 Å². The molecule has 2 aromatic rings. The van der Waals surface area contributed by atoms with Crippen LogP contribution >= 0.6 is 0 Å². The third kappa shape index (κ3) is 4.58. The van der Waals surface area contributed by atoms with Crippen molar-refractivity contribution in [1.82, 2.24) is 5.01 Å². The predicted molar refractivity (Wildman–Crippen MR) is 137 cm³/mol. The second kappa shape index (κ2) is 10.4. The quantitative estimate of drug-likeness (QED) is 0.361. The number of nitrogens with two attached hydrogens (primary N) is 1. The molecule has 0 aromatic heterocycles. The topological polar surface area (TPSA) is 117 Å². The Labute approximate surface area is 206 Å². The number of unbranched alkanes of at least 4 members (excludes halogenated alkanes) is 1. The van der Waals surface area contributed by atoms with Gasteiger partial charge in [-0.2, -0.15) is 5.10 Å². The van der Waals surface area contributed by atoms with Crippen molar-refractivity contribution in [2.45, 2.75) is 63.8 Å². The number of nitrogens with one attached hydrogen (secondary N) is 2. The van der Waals surface area contributed by atoms with Gasteiger partial charge in [-0.3, -0.25) is 14.4 Å². The van der Waals surface area contributed by atoms with Gasteiger partial charge in [0, 0.05) is 17.4 Å². The molecular weight excluding hydrogens is 442 g/mol. The number of hydrogen-bond acceptors (Lipinski definition) is 5. The van der Waals surface area contributed by atoms with Gasteiger partial charge in [-0.05, 0) is 92.6 Å². The minimum Gasteiger partial charge on any atom is -0.330 e. The number of fused-ring (bicyclic) bond motifs is 2. The van der Waals surface area contributed by atoms with Crippen LogP contribution < -0.4 is 16.4 Å². The first-order valence-corrected chi connectivity index (χ1v) is 12.2. The molecule has 184 valence electrons. The molecule has 8 heteroatoms. The molecule has 0 unspecified atom stereocenters. The van der Waals surface area contributed by atoms with E-state index in [4.69, 9.17) is 10.8 Å². The number of nitrogens with zero attached hydrogens (tertiary/aromatic N) is 2. The van der Waals surface area contributed by atoms with Crippen LogP contribution in [0.5, 0.6) is 0 Å². The summed E-state index contributed by atoms with van der Waals surface area (Å²) in [7, 11) is 0. The molecule has 0 fully saturated rings. The van der Waals surface area contributed by atoms with Gasteiger partial charge in [-0.25, -0.2) is 5.01 Å². The molecule has 35 heavy (non-hydrogen) atoms. The Morgan fingerprint density at radius 1 is 1.00 bits per heavy atom. The van der Waals surface area contributed by atoms with Gasteiger partial charge >= 0.3 is 0 Å². The highest BCUT2D eigenvalue weighted by Crippen LogP contribution is 2.47. The second-order valence-electron chi connectivity index (χ2n) is 9.47. The number of carbonyl (C=O) groups is 3. The standard InChI is InChI=1S/C27H33N5O3/c1-18(2)32-26(35)15-25(31-32)27(11-3-4-12-28)23-9-7-21(29-16-33)13-19(23)5-6-20-14-22(30-17-34)8-10-24(20)27/h7-10,13-14,16-18H,3-6,11-12,15,28H2,1-2H3,(H,29,33)(H,30,34). The van der Waals surface area contributed by atoms with Crippen molar-refractivity contribution in [3.05, 3.63) is 58.7 Å². The molecule has 0 spiro atoms. The van der Waals surface area contributed by atoms with Crippen LogP contribution in [0.3, 0.4) is 0 Å². The van der Waals surface area contributed by atoms with Gasteiger partial charge in [0.1, 0.15) is 0 Å². The van der Waals surface area contributed by atoms with Crippen LogP contribution in [0, 0.1) is 0 Å². The Balaban J connectivity index is 1.99. The van der Waals surface area contributed by atoms with Gasteiger partial charge in [0.05, 0.1) is 17.5 Å². The van der Waals surface area contributed by atoms with Crippen molar-refractivity contribution >= 4 is 35.8 Å². The third-order valence-electron chi connectivity index (χ3n) is 7.04. The summed E-state index contributed by atoms with van der Waals surface area (Å²) in [6, 6.07) is 12.0. The molecule has 1 aliphatic carbocycles. The summed E-state index contributed by atoms with van der Waals surface area (Å²) in [5.74, 6) is -0.000898. The van der Waals surface area contributed by atoms with Crippen molar-refractivity contribution in [2.24, 2.45) is 10.8 Å². The van der Waals surface area contributed by atoms with Crippen LogP contribution in [0.25, 0.3) is 0 Å². The lowest BCUT2D eigenvalue weighted by molar-refractivity contribution is -0.130. The SMILES string of the molecule is CC(C)N1N=C(C2(CCCCN)c3ccc(NC=O)cc3CCc3cc(NC=O)ccc32)CC1=O. The number of amides is 3. The maximum atomic E-state index is 13.0. The van der Waals surface area contributed by atoms with Gasteiger partial charge in [-0.1, -0.05) is 18.6 Å². The zero-order chi connectivity index (χ0) is 25.0. The largest absolute Gasteiger partial charge is 0.330 e. The number of aryl methyl sites for hydroxylation is 2. The molecule has 0 radical (unpaired) electrons. The second-order valence-corrected chi connectivity index (χ2v) is 9.47. The molecule has 2 aliphatic rings. The average molecular weight is 476 g/mol. The van der Waals surface area contributed by atoms with Crippen LogP contribution in [0.1, 0.15) is 61.8 Å². The van der Waals surface area contributed by atoms with E-state index in [0.717, 1.165) is 71.4 Å². The van der Waals surface area contributed by atoms with Crippen molar-refractivity contribution < 1.29 is 14.4 Å². The van der Waals surface area contributed by atoms with E-state index in [2.05, 4.69) is 22.8 Å². The number of benzene rings is 2. The van der Waals surface area contributed by atoms with Gasteiger partial charge < -0.3 is 16.4 Å². The molecule has 2 aromatic carbocycles. The van der Waals surface area contributed by atoms with E-state index in [1.165, 1.54) is 0 Å². The van der Waals surface area contributed by atoms with Crippen LogP contribution in [-0.2, 0) is 32.6 Å². The summed E-state index contributed by atoms with van der Waals surface area (Å²) in [6.07, 6.45) is 5.61. The van der Waals surface area contributed by atoms with E-state index < -0.39 is 5.41 Å². The van der Waals surface area contributed by atoms with Crippen molar-refractivity contribution in [3.63, 3.8) is 0 Å². The van der Waals surface area contributed by atoms with Crippen molar-refractivity contribution in [2.75, 3.05) is 17.2 Å². The fourth-order valence-corrected chi connectivity index (χ4v) is 5.51. The Morgan fingerprint density at radius 3 is 2.03 bits per heavy atom. The Bertz CT molecular complexity index is 1100. The average Bonchev–Trinajstić information content (AvgIpc) is 3.18. The van der Waals surface area contributed by atoms with Crippen LogP contribution in [0.4, 0.5) is 11.4 Å². The normalized spacial score (nSPS) is 16.3. The lowest BCUT2D eigenvalue weighted by Crippen LogP contribution is -2.38. The minimum atomic E-state index is -0.616. The van der Waals surface area contributed by atoms with Gasteiger partial charge in [0.2, 0.25) is 18.7 Å². The first-order chi connectivity index (χ1) is 16.9. The van der Waals surface area contributed by atoms with E-state index in [1.807, 2.05) is 38.1 Å². The molecule has 4 rings (SSSR count). The molecular formula is C27H33N5O3. The Kier molecular flexibility index (Phi) is 7.31. The minimum absolute atomic E-state index is 0.000898. The zero-order valence-corrected chi connectivity index (χ0v) is 20.3. The lowest BCUT2D eigenvalue weighted by atomic mass is 9.65. The number of anilines is 2. The number of rotatable bonds is 10. The van der Waals surface area contributed by atoms with Crippen molar-refractivity contribution in [3.8, 4) is 0 Å². The van der Waals surface area contributed by atoms with E-state index in [9.17, 15) is 14.4 Å². The van der Waals surface area contributed by atoms with E-state index >= 15 is 0 Å². The number of hydrogen-bond donors (Lipinski definition) is 3. The highest BCUT2D eigenvalue weighted by molar-refractivity contribution is 6.12. The van der Waals surface area contributed by atoms with Crippen LogP contribution in [0.15, 0.2) is 41.5 Å². The van der Waals surface area contributed by atoms with Crippen molar-refractivity contribution in [1.29, 1.82) is 0 Å². The maximum absolute atomic E-state index is 13.0. The maximum Gasteiger partial charge on any atom is 0.248 e. The van der Waals surface area contributed by atoms with E-state index in [1.54, 1.807) is 5.01 Å². The fourth-order valence-electron chi connectivity index (χ4n) is 5.51. The molecule has 4 N–H and O–H groups in total. The summed E-state index contributed by atoms with van der Waals surface area (Å²) >= 11 is 0. The van der Waals surface area contributed by atoms with Gasteiger partial charge in [-0.15, -0.1) is 0 Å².